The van der Waals surface area contributed by atoms with Gasteiger partial charge in [-0.15, -0.1) is 0 Å². The highest BCUT2D eigenvalue weighted by Gasteiger charge is 2.08. The van der Waals surface area contributed by atoms with E-state index in [2.05, 4.69) is 0 Å². The third kappa shape index (κ3) is 2.28. The van der Waals surface area contributed by atoms with E-state index in [1.165, 1.54) is 0 Å². The number of carbonyl (C=O) groups excluding carboxylic acids is 1. The second-order valence-corrected chi connectivity index (χ2v) is 3.52. The monoisotopic (exact) mass is 212 g/mol. The van der Waals surface area contributed by atoms with Crippen molar-refractivity contribution >= 4 is 5.97 Å². The average molecular weight is 212 g/mol. The molecule has 0 aliphatic rings. The van der Waals surface area contributed by atoms with Gasteiger partial charge in [0.15, 0.2) is 0 Å². The summed E-state index contributed by atoms with van der Waals surface area (Å²) in [5.74, 6) is 0.284. The summed E-state index contributed by atoms with van der Waals surface area (Å²) in [5.41, 5.74) is 1.51. The van der Waals surface area contributed by atoms with Crippen LogP contribution in [0.1, 0.15) is 15.9 Å². The fourth-order valence-corrected chi connectivity index (χ4v) is 1.40. The van der Waals surface area contributed by atoms with Gasteiger partial charge in [0, 0.05) is 0 Å². The molecule has 2 rings (SSSR count). The molecule has 0 bridgehead atoms. The van der Waals surface area contributed by atoms with Crippen LogP contribution in [0.25, 0.3) is 0 Å². The number of benzene rings is 2. The van der Waals surface area contributed by atoms with Crippen LogP contribution in [0.2, 0.25) is 0 Å². The predicted molar refractivity (Wildman–Crippen MR) is 62.6 cm³/mol. The molecule has 0 heterocycles. The fraction of sp³-hybridized carbons (Fsp3) is 0.0714. The lowest BCUT2D eigenvalue weighted by Crippen LogP contribution is -2.08. The standard InChI is InChI=1S/C14H12O2/c1-11-7-5-6-10-13(11)16-14(15)12-8-3-2-4-9-12/h2-10H,1H3. The highest BCUT2D eigenvalue weighted by Crippen LogP contribution is 2.17. The maximum Gasteiger partial charge on any atom is 0.343 e. The van der Waals surface area contributed by atoms with Gasteiger partial charge in [-0.1, -0.05) is 36.4 Å². The Morgan fingerprint density at radius 1 is 0.938 bits per heavy atom. The predicted octanol–water partition coefficient (Wildman–Crippen LogP) is 3.21. The van der Waals surface area contributed by atoms with Crippen molar-refractivity contribution < 1.29 is 9.53 Å². The number of aryl methyl sites for hydroxylation is 1. The molecule has 0 atom stereocenters. The largest absolute Gasteiger partial charge is 0.423 e. The third-order valence-corrected chi connectivity index (χ3v) is 2.31. The van der Waals surface area contributed by atoms with Crippen molar-refractivity contribution in [3.63, 3.8) is 0 Å². The summed E-state index contributed by atoms with van der Waals surface area (Å²) < 4.78 is 5.29. The third-order valence-electron chi connectivity index (χ3n) is 2.31. The summed E-state index contributed by atoms with van der Waals surface area (Å²) >= 11 is 0. The van der Waals surface area contributed by atoms with E-state index in [0.29, 0.717) is 11.3 Å². The maximum absolute atomic E-state index is 11.7. The molecule has 0 aliphatic carbocycles. The molecule has 0 unspecified atom stereocenters. The Hall–Kier alpha value is -2.09. The number of rotatable bonds is 2. The molecule has 0 fully saturated rings. The second kappa shape index (κ2) is 4.62. The number of ether oxygens (including phenoxy) is 1. The van der Waals surface area contributed by atoms with Gasteiger partial charge in [0.05, 0.1) is 5.56 Å². The molecule has 0 aromatic heterocycles. The lowest BCUT2D eigenvalue weighted by atomic mass is 10.2. The molecule has 80 valence electrons. The van der Waals surface area contributed by atoms with Crippen molar-refractivity contribution in [3.8, 4) is 5.75 Å². The minimum absolute atomic E-state index is 0.324. The van der Waals surface area contributed by atoms with Crippen molar-refractivity contribution in [2.24, 2.45) is 0 Å². The van der Waals surface area contributed by atoms with Gasteiger partial charge in [0.2, 0.25) is 0 Å². The molecule has 2 aromatic rings. The van der Waals surface area contributed by atoms with Crippen molar-refractivity contribution in [2.45, 2.75) is 6.92 Å². The molecule has 0 amide bonds. The van der Waals surface area contributed by atoms with Crippen molar-refractivity contribution in [1.29, 1.82) is 0 Å². The number of hydrogen-bond donors (Lipinski definition) is 0. The summed E-state index contributed by atoms with van der Waals surface area (Å²) in [6, 6.07) is 16.4. The Bertz CT molecular complexity index is 489. The van der Waals surface area contributed by atoms with Gasteiger partial charge in [-0.3, -0.25) is 0 Å². The van der Waals surface area contributed by atoms with Gasteiger partial charge in [-0.25, -0.2) is 4.79 Å². The van der Waals surface area contributed by atoms with E-state index in [1.54, 1.807) is 18.2 Å². The maximum atomic E-state index is 11.7. The van der Waals surface area contributed by atoms with Gasteiger partial charge in [0.25, 0.3) is 0 Å². The molecule has 0 radical (unpaired) electrons. The van der Waals surface area contributed by atoms with Gasteiger partial charge in [-0.05, 0) is 30.7 Å². The first-order valence-electron chi connectivity index (χ1n) is 5.10. The zero-order valence-corrected chi connectivity index (χ0v) is 9.01. The summed E-state index contributed by atoms with van der Waals surface area (Å²) in [4.78, 5) is 11.7. The normalized spacial score (nSPS) is 9.81. The van der Waals surface area contributed by atoms with Crippen molar-refractivity contribution in [3.05, 3.63) is 65.7 Å². The van der Waals surface area contributed by atoms with E-state index < -0.39 is 0 Å². The Balaban J connectivity index is 2.18. The summed E-state index contributed by atoms with van der Waals surface area (Å²) in [6.07, 6.45) is 0. The topological polar surface area (TPSA) is 26.3 Å². The highest BCUT2D eigenvalue weighted by atomic mass is 16.5. The Morgan fingerprint density at radius 3 is 2.25 bits per heavy atom. The van der Waals surface area contributed by atoms with Crippen LogP contribution in [0.4, 0.5) is 0 Å². The summed E-state index contributed by atoms with van der Waals surface area (Å²) in [7, 11) is 0. The van der Waals surface area contributed by atoms with Crippen LogP contribution in [0.3, 0.4) is 0 Å². The van der Waals surface area contributed by atoms with E-state index in [4.69, 9.17) is 4.74 Å². The molecule has 0 saturated carbocycles. The van der Waals surface area contributed by atoms with Gasteiger partial charge >= 0.3 is 5.97 Å². The van der Waals surface area contributed by atoms with Gasteiger partial charge in [0.1, 0.15) is 5.75 Å². The smallest absolute Gasteiger partial charge is 0.343 e. The van der Waals surface area contributed by atoms with Crippen LogP contribution in [-0.4, -0.2) is 5.97 Å². The minimum atomic E-state index is -0.324. The highest BCUT2D eigenvalue weighted by molar-refractivity contribution is 5.91. The molecule has 0 N–H and O–H groups in total. The SMILES string of the molecule is Cc1ccccc1OC(=O)c1ccccc1. The molecular weight excluding hydrogens is 200 g/mol. The minimum Gasteiger partial charge on any atom is -0.423 e. The summed E-state index contributed by atoms with van der Waals surface area (Å²) in [6.45, 7) is 1.91. The number of hydrogen-bond acceptors (Lipinski definition) is 2. The van der Waals surface area contributed by atoms with Gasteiger partial charge in [-0.2, -0.15) is 0 Å². The molecule has 0 spiro atoms. The van der Waals surface area contributed by atoms with Crippen LogP contribution < -0.4 is 4.74 Å². The van der Waals surface area contributed by atoms with E-state index in [-0.39, 0.29) is 5.97 Å². The van der Waals surface area contributed by atoms with E-state index in [0.717, 1.165) is 5.56 Å². The van der Waals surface area contributed by atoms with Crippen LogP contribution in [0.5, 0.6) is 5.75 Å². The van der Waals surface area contributed by atoms with E-state index in [9.17, 15) is 4.79 Å². The first-order valence-corrected chi connectivity index (χ1v) is 5.10. The zero-order chi connectivity index (χ0) is 11.4. The lowest BCUT2D eigenvalue weighted by molar-refractivity contribution is 0.0733. The first kappa shape index (κ1) is 10.4. The molecule has 0 saturated heterocycles. The Labute approximate surface area is 94.5 Å². The first-order chi connectivity index (χ1) is 7.77. The molecule has 2 aromatic carbocycles. The molecule has 2 heteroatoms. The lowest BCUT2D eigenvalue weighted by Gasteiger charge is -2.06. The van der Waals surface area contributed by atoms with E-state index in [1.807, 2.05) is 43.3 Å². The number of para-hydroxylation sites is 1. The van der Waals surface area contributed by atoms with Crippen LogP contribution in [0, 0.1) is 6.92 Å². The molecular formula is C14H12O2. The Kier molecular flexibility index (Phi) is 3.01. The van der Waals surface area contributed by atoms with Crippen molar-refractivity contribution in [2.75, 3.05) is 0 Å². The van der Waals surface area contributed by atoms with Crippen LogP contribution >= 0.6 is 0 Å². The van der Waals surface area contributed by atoms with E-state index >= 15 is 0 Å². The van der Waals surface area contributed by atoms with Gasteiger partial charge < -0.3 is 4.74 Å². The fourth-order valence-electron chi connectivity index (χ4n) is 1.40. The molecule has 0 aliphatic heterocycles. The molecule has 2 nitrogen and oxygen atoms in total. The number of carbonyl (C=O) groups is 1. The molecule has 16 heavy (non-hydrogen) atoms. The van der Waals surface area contributed by atoms with Crippen LogP contribution in [0.15, 0.2) is 54.6 Å². The quantitative estimate of drug-likeness (QED) is 0.564. The second-order valence-electron chi connectivity index (χ2n) is 3.52. The zero-order valence-electron chi connectivity index (χ0n) is 9.01. The average Bonchev–Trinajstić information content (AvgIpc) is 2.33. The van der Waals surface area contributed by atoms with Crippen molar-refractivity contribution in [1.82, 2.24) is 0 Å². The van der Waals surface area contributed by atoms with Crippen LogP contribution in [-0.2, 0) is 0 Å². The number of esters is 1. The Morgan fingerprint density at radius 2 is 1.56 bits per heavy atom. The summed E-state index contributed by atoms with van der Waals surface area (Å²) in [5, 5.41) is 0.